The number of hydrazone groups is 1. The summed E-state index contributed by atoms with van der Waals surface area (Å²) in [4.78, 5) is 12.2. The summed E-state index contributed by atoms with van der Waals surface area (Å²) in [6.07, 6.45) is 1.59. The summed E-state index contributed by atoms with van der Waals surface area (Å²) in [6.45, 7) is 0.514. The molecule has 0 aliphatic heterocycles. The zero-order valence-corrected chi connectivity index (χ0v) is 19.9. The molecule has 0 saturated carbocycles. The van der Waals surface area contributed by atoms with Crippen LogP contribution >= 0.6 is 45.2 Å². The SMILES string of the molecule is COc1cc(C(=O)N/N=C\c2ccc(OCc3ccc(I)cc3)cc2)ccc1I. The van der Waals surface area contributed by atoms with Gasteiger partial charge in [-0.05, 0) is 111 Å². The van der Waals surface area contributed by atoms with Gasteiger partial charge in [0, 0.05) is 9.13 Å². The Bertz CT molecular complexity index is 1000. The number of rotatable bonds is 7. The summed E-state index contributed by atoms with van der Waals surface area (Å²) in [5, 5.41) is 4.02. The van der Waals surface area contributed by atoms with Crippen LogP contribution in [0.4, 0.5) is 0 Å². The lowest BCUT2D eigenvalue weighted by atomic mass is 10.2. The minimum Gasteiger partial charge on any atom is -0.496 e. The Balaban J connectivity index is 1.53. The molecule has 3 aromatic rings. The number of hydrogen-bond donors (Lipinski definition) is 1. The highest BCUT2D eigenvalue weighted by Crippen LogP contribution is 2.21. The minimum absolute atomic E-state index is 0.298. The number of carbonyl (C=O) groups excluding carboxylic acids is 1. The first-order valence-corrected chi connectivity index (χ1v) is 10.8. The highest BCUT2D eigenvalue weighted by atomic mass is 127. The Hall–Kier alpha value is -2.14. The smallest absolute Gasteiger partial charge is 0.271 e. The van der Waals surface area contributed by atoms with Crippen LogP contribution in [0.5, 0.6) is 11.5 Å². The number of hydrogen-bond acceptors (Lipinski definition) is 4. The van der Waals surface area contributed by atoms with Gasteiger partial charge in [0.2, 0.25) is 0 Å². The largest absolute Gasteiger partial charge is 0.496 e. The molecule has 3 aromatic carbocycles. The summed E-state index contributed by atoms with van der Waals surface area (Å²) in [7, 11) is 1.57. The molecule has 5 nitrogen and oxygen atoms in total. The molecule has 0 unspecified atom stereocenters. The second kappa shape index (κ2) is 10.6. The first kappa shape index (κ1) is 21.6. The Morgan fingerprint density at radius 2 is 1.76 bits per heavy atom. The van der Waals surface area contributed by atoms with Crippen molar-refractivity contribution in [3.05, 3.63) is 90.6 Å². The number of halogens is 2. The molecule has 0 aliphatic rings. The van der Waals surface area contributed by atoms with Gasteiger partial charge >= 0.3 is 0 Å². The molecule has 0 bridgehead atoms. The summed E-state index contributed by atoms with van der Waals surface area (Å²) >= 11 is 4.43. The molecule has 0 spiro atoms. The first-order valence-electron chi connectivity index (χ1n) is 8.69. The third kappa shape index (κ3) is 6.43. The van der Waals surface area contributed by atoms with Crippen molar-refractivity contribution in [2.45, 2.75) is 6.61 Å². The highest BCUT2D eigenvalue weighted by Gasteiger charge is 2.08. The second-order valence-electron chi connectivity index (χ2n) is 6.03. The van der Waals surface area contributed by atoms with Gasteiger partial charge in [0.15, 0.2) is 0 Å². The van der Waals surface area contributed by atoms with Gasteiger partial charge in [0.05, 0.1) is 16.9 Å². The molecule has 0 fully saturated rings. The molecule has 7 heteroatoms. The predicted molar refractivity (Wildman–Crippen MR) is 131 cm³/mol. The number of carbonyl (C=O) groups is 1. The summed E-state index contributed by atoms with van der Waals surface area (Å²) < 4.78 is 13.2. The summed E-state index contributed by atoms with van der Waals surface area (Å²) in [5.41, 5.74) is 4.98. The molecular formula is C22H18I2N2O3. The lowest BCUT2D eigenvalue weighted by molar-refractivity contribution is 0.0954. The first-order chi connectivity index (χ1) is 14.0. The van der Waals surface area contributed by atoms with Crippen LogP contribution in [0.15, 0.2) is 71.8 Å². The van der Waals surface area contributed by atoms with E-state index < -0.39 is 0 Å². The van der Waals surface area contributed by atoms with Crippen molar-refractivity contribution in [2.24, 2.45) is 5.10 Å². The quantitative estimate of drug-likeness (QED) is 0.226. The fourth-order valence-electron chi connectivity index (χ4n) is 2.43. The average molecular weight is 612 g/mol. The van der Waals surface area contributed by atoms with Gasteiger partial charge in [-0.15, -0.1) is 0 Å². The van der Waals surface area contributed by atoms with Crippen LogP contribution in [-0.2, 0) is 6.61 Å². The van der Waals surface area contributed by atoms with E-state index in [4.69, 9.17) is 9.47 Å². The molecule has 0 atom stereocenters. The van der Waals surface area contributed by atoms with Gasteiger partial charge < -0.3 is 9.47 Å². The third-order valence-electron chi connectivity index (χ3n) is 3.99. The molecule has 148 valence electrons. The van der Waals surface area contributed by atoms with Crippen molar-refractivity contribution in [3.8, 4) is 11.5 Å². The van der Waals surface area contributed by atoms with E-state index >= 15 is 0 Å². The van der Waals surface area contributed by atoms with E-state index in [1.165, 1.54) is 3.57 Å². The summed E-state index contributed by atoms with van der Waals surface area (Å²) in [5.74, 6) is 1.13. The highest BCUT2D eigenvalue weighted by molar-refractivity contribution is 14.1. The van der Waals surface area contributed by atoms with Gasteiger partial charge in [-0.2, -0.15) is 5.10 Å². The number of nitrogens with zero attached hydrogens (tertiary/aromatic N) is 1. The molecule has 3 rings (SSSR count). The maximum Gasteiger partial charge on any atom is 0.271 e. The Morgan fingerprint density at radius 1 is 1.03 bits per heavy atom. The van der Waals surface area contributed by atoms with Crippen molar-refractivity contribution in [3.63, 3.8) is 0 Å². The number of methoxy groups -OCH3 is 1. The van der Waals surface area contributed by atoms with E-state index in [1.807, 2.05) is 30.3 Å². The topological polar surface area (TPSA) is 59.9 Å². The van der Waals surface area contributed by atoms with Crippen molar-refractivity contribution in [1.82, 2.24) is 5.43 Å². The lowest BCUT2D eigenvalue weighted by Crippen LogP contribution is -2.17. The van der Waals surface area contributed by atoms with Crippen LogP contribution in [0.25, 0.3) is 0 Å². The van der Waals surface area contributed by atoms with Gasteiger partial charge in [-0.1, -0.05) is 12.1 Å². The Kier molecular flexibility index (Phi) is 7.87. The van der Waals surface area contributed by atoms with Crippen LogP contribution in [0.2, 0.25) is 0 Å². The van der Waals surface area contributed by atoms with E-state index in [-0.39, 0.29) is 5.91 Å². The molecule has 1 amide bonds. The minimum atomic E-state index is -0.298. The van der Waals surface area contributed by atoms with E-state index in [0.29, 0.717) is 17.9 Å². The van der Waals surface area contributed by atoms with Crippen molar-refractivity contribution in [1.29, 1.82) is 0 Å². The normalized spacial score (nSPS) is 10.7. The van der Waals surface area contributed by atoms with Gasteiger partial charge in [0.1, 0.15) is 18.1 Å². The standard InChI is InChI=1S/C22H18I2N2O3/c1-28-21-12-17(6-11-20(21)24)22(27)26-25-13-15-4-9-19(10-5-15)29-14-16-2-7-18(23)8-3-16/h2-13H,14H2,1H3,(H,26,27)/b25-13-. The van der Waals surface area contributed by atoms with Crippen molar-refractivity contribution >= 4 is 57.3 Å². The molecule has 0 aliphatic carbocycles. The fraction of sp³-hybridized carbons (Fsp3) is 0.0909. The Morgan fingerprint density at radius 3 is 2.45 bits per heavy atom. The van der Waals surface area contributed by atoms with Crippen LogP contribution in [0.1, 0.15) is 21.5 Å². The monoisotopic (exact) mass is 612 g/mol. The molecule has 1 N–H and O–H groups in total. The van der Waals surface area contributed by atoms with Crippen LogP contribution in [0, 0.1) is 7.14 Å². The van der Waals surface area contributed by atoms with E-state index in [1.54, 1.807) is 25.5 Å². The maximum absolute atomic E-state index is 12.2. The third-order valence-corrected chi connectivity index (χ3v) is 5.60. The number of ether oxygens (including phenoxy) is 2. The fourth-order valence-corrected chi connectivity index (χ4v) is 3.34. The zero-order chi connectivity index (χ0) is 20.6. The van der Waals surface area contributed by atoms with Crippen molar-refractivity contribution < 1.29 is 14.3 Å². The van der Waals surface area contributed by atoms with Crippen LogP contribution in [-0.4, -0.2) is 19.2 Å². The maximum atomic E-state index is 12.2. The summed E-state index contributed by atoms with van der Waals surface area (Å²) in [6, 6.07) is 21.0. The molecule has 29 heavy (non-hydrogen) atoms. The number of amides is 1. The number of benzene rings is 3. The lowest BCUT2D eigenvalue weighted by Gasteiger charge is -2.07. The van der Waals surface area contributed by atoms with Crippen LogP contribution < -0.4 is 14.9 Å². The van der Waals surface area contributed by atoms with Crippen molar-refractivity contribution in [2.75, 3.05) is 7.11 Å². The molecular weight excluding hydrogens is 594 g/mol. The predicted octanol–water partition coefficient (Wildman–Crippen LogP) is 5.25. The average Bonchev–Trinajstić information content (AvgIpc) is 2.74. The number of nitrogens with one attached hydrogen (secondary N) is 1. The van der Waals surface area contributed by atoms with E-state index in [9.17, 15) is 4.79 Å². The van der Waals surface area contributed by atoms with Gasteiger partial charge in [-0.25, -0.2) is 5.43 Å². The van der Waals surface area contributed by atoms with E-state index in [0.717, 1.165) is 20.4 Å². The molecule has 0 radical (unpaired) electrons. The van der Waals surface area contributed by atoms with Gasteiger partial charge in [-0.3, -0.25) is 4.79 Å². The molecule has 0 aromatic heterocycles. The van der Waals surface area contributed by atoms with E-state index in [2.05, 4.69) is 80.0 Å². The molecule has 0 heterocycles. The second-order valence-corrected chi connectivity index (χ2v) is 8.44. The zero-order valence-electron chi connectivity index (χ0n) is 15.6. The van der Waals surface area contributed by atoms with Crippen LogP contribution in [0.3, 0.4) is 0 Å². The van der Waals surface area contributed by atoms with Gasteiger partial charge in [0.25, 0.3) is 5.91 Å². The molecule has 0 saturated heterocycles. The Labute approximate surface area is 196 Å².